The minimum atomic E-state index is -1.17. The van der Waals surface area contributed by atoms with Crippen LogP contribution in [0, 0.1) is 0 Å². The van der Waals surface area contributed by atoms with Gasteiger partial charge in [-0.15, -0.1) is 0 Å². The fourth-order valence-electron chi connectivity index (χ4n) is 5.17. The number of H-pyrrole nitrogens is 1. The summed E-state index contributed by atoms with van der Waals surface area (Å²) in [4.78, 5) is 59.1. The van der Waals surface area contributed by atoms with Gasteiger partial charge in [-0.3, -0.25) is 28.6 Å². The van der Waals surface area contributed by atoms with Gasteiger partial charge in [-0.25, -0.2) is 14.6 Å². The van der Waals surface area contributed by atoms with Crippen molar-refractivity contribution in [3.05, 3.63) is 111 Å². The van der Waals surface area contributed by atoms with Gasteiger partial charge in [-0.05, 0) is 37.1 Å². The van der Waals surface area contributed by atoms with Crippen molar-refractivity contribution in [1.29, 1.82) is 0 Å². The summed E-state index contributed by atoms with van der Waals surface area (Å²) in [6.45, 7) is -0.239. The Morgan fingerprint density at radius 1 is 1.07 bits per heavy atom. The zero-order valence-corrected chi connectivity index (χ0v) is 24.5. The average molecular weight is 619 g/mol. The molecule has 2 amide bonds. The fourth-order valence-corrected chi connectivity index (χ4v) is 5.17. The van der Waals surface area contributed by atoms with Crippen LogP contribution in [0.25, 0.3) is 0 Å². The molecule has 0 saturated carbocycles. The van der Waals surface area contributed by atoms with E-state index in [4.69, 9.17) is 9.47 Å². The van der Waals surface area contributed by atoms with Crippen LogP contribution < -0.4 is 21.5 Å². The first-order chi connectivity index (χ1) is 21.8. The molecule has 3 heterocycles. The summed E-state index contributed by atoms with van der Waals surface area (Å²) in [6.07, 6.45) is 0.662. The number of rotatable bonds is 11. The zero-order chi connectivity index (χ0) is 31.9. The largest absolute Gasteiger partial charge is 0.394 e. The Balaban J connectivity index is 1.17. The van der Waals surface area contributed by atoms with E-state index in [0.29, 0.717) is 23.5 Å². The third-order valence-electron chi connectivity index (χ3n) is 7.44. The number of hydrogen-bond acceptors (Lipinski definition) is 9. The highest BCUT2D eigenvalue weighted by molar-refractivity contribution is 6.00. The maximum absolute atomic E-state index is 13.5. The molecule has 4 atom stereocenters. The topological polar surface area (TPSA) is 181 Å². The van der Waals surface area contributed by atoms with Gasteiger partial charge >= 0.3 is 11.7 Å². The Kier molecular flexibility index (Phi) is 9.99. The highest BCUT2D eigenvalue weighted by Crippen LogP contribution is 2.30. The monoisotopic (exact) mass is 618 g/mol. The number of aryl methyl sites for hydroxylation is 1. The maximum Gasteiger partial charge on any atom is 0.338 e. The Bertz CT molecular complexity index is 1680. The summed E-state index contributed by atoms with van der Waals surface area (Å²) in [5.41, 5.74) is 0.697. The van der Waals surface area contributed by atoms with Gasteiger partial charge in [0.15, 0.2) is 6.23 Å². The van der Waals surface area contributed by atoms with Gasteiger partial charge in [-0.1, -0.05) is 36.4 Å². The predicted molar refractivity (Wildman–Crippen MR) is 162 cm³/mol. The number of nitrogens with one attached hydrogen (secondary N) is 2. The number of benzene rings is 2. The van der Waals surface area contributed by atoms with Crippen molar-refractivity contribution in [2.24, 2.45) is 0 Å². The maximum atomic E-state index is 13.5. The lowest BCUT2D eigenvalue weighted by Crippen LogP contribution is -2.40. The van der Waals surface area contributed by atoms with Crippen LogP contribution in [0.15, 0.2) is 89.0 Å². The molecule has 2 aromatic carbocycles. The van der Waals surface area contributed by atoms with Crippen LogP contribution in [-0.4, -0.2) is 79.8 Å². The molecule has 236 valence electrons. The summed E-state index contributed by atoms with van der Waals surface area (Å²) in [5, 5.41) is 22.5. The van der Waals surface area contributed by atoms with Crippen molar-refractivity contribution in [2.45, 2.75) is 43.8 Å². The van der Waals surface area contributed by atoms with Crippen molar-refractivity contribution in [2.75, 3.05) is 25.2 Å². The number of hydrogen-bond donors (Lipinski definition) is 4. The molecule has 5 rings (SSSR count). The van der Waals surface area contributed by atoms with Crippen molar-refractivity contribution < 1.29 is 29.3 Å². The van der Waals surface area contributed by atoms with Gasteiger partial charge < -0.3 is 25.0 Å². The second-order valence-corrected chi connectivity index (χ2v) is 10.5. The molecule has 0 spiro atoms. The normalized spacial score (nSPS) is 19.4. The van der Waals surface area contributed by atoms with E-state index in [-0.39, 0.29) is 36.9 Å². The minimum absolute atomic E-state index is 0.0613. The molecule has 1 saturated heterocycles. The number of anilines is 2. The molecular weight excluding hydrogens is 584 g/mol. The van der Waals surface area contributed by atoms with Gasteiger partial charge in [0.2, 0.25) is 5.91 Å². The number of aromatic amines is 1. The van der Waals surface area contributed by atoms with Gasteiger partial charge in [-0.2, -0.15) is 0 Å². The van der Waals surface area contributed by atoms with E-state index in [1.807, 2.05) is 60.7 Å². The standard InChI is InChI=1S/C31H34N6O8/c1-44-27-26(40)24(18-38)45-29(27)36-16-20(28(41)34-30(36)42)9-8-14-32-25(39)15-21-17-35(19-33-21)31(43)37(22-10-4-2-5-11-22)23-12-6-3-7-13-23/h2-7,10-13,16-17,19,24,26-27,29,38,40H,8-9,14-15,18H2,1H3,(H,32,39)(H,34,41,42)/t24-,26-,27-,29-/m1/s1. The minimum Gasteiger partial charge on any atom is -0.394 e. The third-order valence-corrected chi connectivity index (χ3v) is 7.44. The molecule has 4 aromatic rings. The average Bonchev–Trinajstić information content (AvgIpc) is 3.64. The van der Waals surface area contributed by atoms with E-state index in [9.17, 15) is 29.4 Å². The van der Waals surface area contributed by atoms with Crippen molar-refractivity contribution in [3.63, 3.8) is 0 Å². The number of carbonyl (C=O) groups excluding carboxylic acids is 2. The first-order valence-electron chi connectivity index (χ1n) is 14.4. The fraction of sp³-hybridized carbons (Fsp3) is 0.323. The number of nitrogens with zero attached hydrogens (tertiary/aromatic N) is 4. The van der Waals surface area contributed by atoms with Crippen molar-refractivity contribution in [1.82, 2.24) is 24.4 Å². The summed E-state index contributed by atoms with van der Waals surface area (Å²) < 4.78 is 13.3. The van der Waals surface area contributed by atoms with Crippen LogP contribution in [-0.2, 0) is 27.1 Å². The van der Waals surface area contributed by atoms with Crippen LogP contribution in [0.2, 0.25) is 0 Å². The Morgan fingerprint density at radius 3 is 2.36 bits per heavy atom. The highest BCUT2D eigenvalue weighted by Gasteiger charge is 2.45. The second kappa shape index (κ2) is 14.3. The van der Waals surface area contributed by atoms with Crippen LogP contribution in [0.5, 0.6) is 0 Å². The molecule has 0 aliphatic carbocycles. The summed E-state index contributed by atoms with van der Waals surface area (Å²) in [6, 6.07) is 18.0. The highest BCUT2D eigenvalue weighted by atomic mass is 16.6. The number of amides is 2. The second-order valence-electron chi connectivity index (χ2n) is 10.5. The number of ether oxygens (including phenoxy) is 2. The smallest absolute Gasteiger partial charge is 0.338 e. The van der Waals surface area contributed by atoms with Crippen LogP contribution in [0.1, 0.15) is 23.9 Å². The Labute approximate surface area is 257 Å². The molecule has 1 fully saturated rings. The molecule has 0 radical (unpaired) electrons. The van der Waals surface area contributed by atoms with E-state index in [1.165, 1.54) is 30.4 Å². The number of carbonyl (C=O) groups is 2. The van der Waals surface area contributed by atoms with E-state index in [0.717, 1.165) is 4.57 Å². The van der Waals surface area contributed by atoms with Crippen LogP contribution in [0.3, 0.4) is 0 Å². The third kappa shape index (κ3) is 7.10. The first-order valence-corrected chi connectivity index (χ1v) is 14.4. The molecule has 45 heavy (non-hydrogen) atoms. The quantitative estimate of drug-likeness (QED) is 0.179. The van der Waals surface area contributed by atoms with E-state index in [2.05, 4.69) is 15.3 Å². The molecule has 1 aliphatic heterocycles. The number of aliphatic hydroxyl groups is 2. The number of aliphatic hydroxyl groups excluding tert-OH is 2. The molecule has 14 nitrogen and oxygen atoms in total. The molecule has 2 aromatic heterocycles. The van der Waals surface area contributed by atoms with E-state index in [1.54, 1.807) is 4.90 Å². The van der Waals surface area contributed by atoms with Gasteiger partial charge in [0.25, 0.3) is 5.56 Å². The number of aromatic nitrogens is 4. The summed E-state index contributed by atoms with van der Waals surface area (Å²) in [7, 11) is 1.34. The molecule has 1 aliphatic rings. The predicted octanol–water partition coefficient (Wildman–Crippen LogP) is 1.10. The molecular formula is C31H34N6O8. The van der Waals surface area contributed by atoms with E-state index >= 15 is 0 Å². The lowest BCUT2D eigenvalue weighted by atomic mass is 10.1. The SMILES string of the molecule is CO[C@@H]1[C@H](O)[C@@H](CO)O[C@H]1n1cc(CCCNC(=O)Cc2cn(C(=O)N(c3ccccc3)c3ccccc3)cn2)c(=O)[nH]c1=O. The number of para-hydroxylation sites is 2. The van der Waals surface area contributed by atoms with Crippen LogP contribution in [0.4, 0.5) is 16.2 Å². The lowest BCUT2D eigenvalue weighted by Gasteiger charge is -2.22. The van der Waals surface area contributed by atoms with Gasteiger partial charge in [0.1, 0.15) is 24.6 Å². The van der Waals surface area contributed by atoms with Crippen molar-refractivity contribution >= 4 is 23.3 Å². The Hall–Kier alpha value is -4.89. The van der Waals surface area contributed by atoms with Gasteiger partial charge in [0.05, 0.1) is 30.1 Å². The molecule has 4 N–H and O–H groups in total. The van der Waals surface area contributed by atoms with Crippen LogP contribution >= 0.6 is 0 Å². The summed E-state index contributed by atoms with van der Waals surface area (Å²) in [5.74, 6) is -0.319. The van der Waals surface area contributed by atoms with Crippen molar-refractivity contribution in [3.8, 4) is 0 Å². The lowest BCUT2D eigenvalue weighted by molar-refractivity contribution is -0.120. The summed E-state index contributed by atoms with van der Waals surface area (Å²) >= 11 is 0. The molecule has 0 bridgehead atoms. The molecule has 14 heteroatoms. The number of imidazole rings is 1. The van der Waals surface area contributed by atoms with E-state index < -0.39 is 42.4 Å². The first kappa shape index (κ1) is 31.5. The molecule has 0 unspecified atom stereocenters. The zero-order valence-electron chi connectivity index (χ0n) is 24.5. The number of methoxy groups -OCH3 is 1. The Morgan fingerprint density at radius 2 is 1.73 bits per heavy atom. The van der Waals surface area contributed by atoms with Gasteiger partial charge in [0, 0.05) is 31.6 Å².